The second-order valence-corrected chi connectivity index (χ2v) is 4.82. The molecular formula is C11H10N4O3S. The van der Waals surface area contributed by atoms with Crippen molar-refractivity contribution in [3.05, 3.63) is 30.1 Å². The van der Waals surface area contributed by atoms with Crippen LogP contribution >= 0.6 is 11.8 Å². The van der Waals surface area contributed by atoms with Crippen molar-refractivity contribution in [2.24, 2.45) is 10.2 Å². The fourth-order valence-electron chi connectivity index (χ4n) is 1.34. The Labute approximate surface area is 112 Å². The van der Waals surface area contributed by atoms with Crippen molar-refractivity contribution < 1.29 is 14.7 Å². The Hall–Kier alpha value is -2.22. The number of hydrogen-bond acceptors (Lipinski definition) is 6. The number of carboxylic acids is 1. The predicted octanol–water partition coefficient (Wildman–Crippen LogP) is 0.478. The highest BCUT2D eigenvalue weighted by molar-refractivity contribution is 8.15. The van der Waals surface area contributed by atoms with Gasteiger partial charge in [0.2, 0.25) is 5.91 Å². The monoisotopic (exact) mass is 278 g/mol. The van der Waals surface area contributed by atoms with Gasteiger partial charge in [-0.25, -0.2) is 0 Å². The first kappa shape index (κ1) is 13.2. The number of carbonyl (C=O) groups is 2. The van der Waals surface area contributed by atoms with Crippen LogP contribution in [0, 0.1) is 0 Å². The number of thioether (sulfide) groups is 1. The highest BCUT2D eigenvalue weighted by Crippen LogP contribution is 2.22. The lowest BCUT2D eigenvalue weighted by Crippen LogP contribution is -2.26. The van der Waals surface area contributed by atoms with Gasteiger partial charge in [0, 0.05) is 12.4 Å². The van der Waals surface area contributed by atoms with E-state index in [9.17, 15) is 9.59 Å². The molecule has 1 aliphatic rings. The summed E-state index contributed by atoms with van der Waals surface area (Å²) in [6, 6.07) is 3.52. The molecule has 2 N–H and O–H groups in total. The molecule has 0 saturated carbocycles. The van der Waals surface area contributed by atoms with Crippen LogP contribution in [0.25, 0.3) is 0 Å². The topological polar surface area (TPSA) is 104 Å². The molecule has 7 nitrogen and oxygen atoms in total. The first-order chi connectivity index (χ1) is 9.15. The van der Waals surface area contributed by atoms with Crippen LogP contribution in [-0.4, -0.2) is 38.6 Å². The molecule has 8 heteroatoms. The Morgan fingerprint density at radius 2 is 2.26 bits per heavy atom. The summed E-state index contributed by atoms with van der Waals surface area (Å²) < 4.78 is 0. The minimum absolute atomic E-state index is 0.233. The van der Waals surface area contributed by atoms with Crippen LogP contribution in [0.5, 0.6) is 0 Å². The summed E-state index contributed by atoms with van der Waals surface area (Å²) in [4.78, 5) is 25.8. The summed E-state index contributed by atoms with van der Waals surface area (Å²) in [6.07, 6.45) is 4.54. The fraction of sp³-hybridized carbons (Fsp3) is 0.182. The lowest BCUT2D eigenvalue weighted by atomic mass is 10.3. The van der Waals surface area contributed by atoms with Crippen molar-refractivity contribution >= 4 is 35.0 Å². The SMILES string of the molecule is O=C(O)C[C@H]1S/C(=N\N=C/c2ccncc2)NC1=O. The maximum absolute atomic E-state index is 11.4. The molecule has 1 saturated heterocycles. The van der Waals surface area contributed by atoms with E-state index in [1.165, 1.54) is 6.21 Å². The number of pyridine rings is 1. The predicted molar refractivity (Wildman–Crippen MR) is 71.0 cm³/mol. The highest BCUT2D eigenvalue weighted by Gasteiger charge is 2.32. The zero-order valence-corrected chi connectivity index (χ0v) is 10.5. The number of carboxylic acid groups (broad SMARTS) is 1. The number of aromatic nitrogens is 1. The average Bonchev–Trinajstić information content (AvgIpc) is 2.70. The largest absolute Gasteiger partial charge is 0.481 e. The average molecular weight is 278 g/mol. The smallest absolute Gasteiger partial charge is 0.305 e. The molecule has 1 fully saturated rings. The minimum Gasteiger partial charge on any atom is -0.481 e. The van der Waals surface area contributed by atoms with Gasteiger partial charge in [0.15, 0.2) is 5.17 Å². The van der Waals surface area contributed by atoms with Gasteiger partial charge >= 0.3 is 5.97 Å². The Kier molecular flexibility index (Phi) is 4.24. The number of carbonyl (C=O) groups excluding carboxylic acids is 1. The number of amidine groups is 1. The first-order valence-corrected chi connectivity index (χ1v) is 6.23. The van der Waals surface area contributed by atoms with Crippen LogP contribution in [0.3, 0.4) is 0 Å². The number of nitrogens with one attached hydrogen (secondary N) is 1. The van der Waals surface area contributed by atoms with Gasteiger partial charge in [0.05, 0.1) is 12.6 Å². The fourth-order valence-corrected chi connectivity index (χ4v) is 2.26. The van der Waals surface area contributed by atoms with Gasteiger partial charge in [-0.15, -0.1) is 5.10 Å². The summed E-state index contributed by atoms with van der Waals surface area (Å²) >= 11 is 1.06. The molecule has 19 heavy (non-hydrogen) atoms. The van der Waals surface area contributed by atoms with Gasteiger partial charge in [-0.1, -0.05) is 11.8 Å². The standard InChI is InChI=1S/C11H10N4O3S/c16-9(17)5-8-10(18)14-11(19-8)15-13-6-7-1-3-12-4-2-7/h1-4,6,8H,5H2,(H,16,17)(H,14,15,18)/b13-6-/t8-/m1/s1. The van der Waals surface area contributed by atoms with E-state index < -0.39 is 11.2 Å². The van der Waals surface area contributed by atoms with Gasteiger partial charge in [-0.2, -0.15) is 5.10 Å². The Morgan fingerprint density at radius 1 is 1.53 bits per heavy atom. The highest BCUT2D eigenvalue weighted by atomic mass is 32.2. The van der Waals surface area contributed by atoms with Gasteiger partial charge in [-0.05, 0) is 17.7 Å². The Balaban J connectivity index is 1.96. The molecule has 1 aliphatic heterocycles. The normalized spacial score (nSPS) is 20.9. The van der Waals surface area contributed by atoms with Gasteiger partial charge in [-0.3, -0.25) is 14.6 Å². The summed E-state index contributed by atoms with van der Waals surface area (Å²) in [7, 11) is 0. The number of aliphatic carboxylic acids is 1. The number of rotatable bonds is 4. The zero-order chi connectivity index (χ0) is 13.7. The molecule has 0 aromatic carbocycles. The van der Waals surface area contributed by atoms with Crippen molar-refractivity contribution in [1.29, 1.82) is 0 Å². The van der Waals surface area contributed by atoms with Gasteiger partial charge in [0.1, 0.15) is 5.25 Å². The summed E-state index contributed by atoms with van der Waals surface area (Å²) in [5.41, 5.74) is 0.829. The second-order valence-electron chi connectivity index (χ2n) is 3.62. The molecule has 2 heterocycles. The minimum atomic E-state index is -1.02. The van der Waals surface area contributed by atoms with Crippen molar-refractivity contribution in [1.82, 2.24) is 10.3 Å². The van der Waals surface area contributed by atoms with E-state index in [-0.39, 0.29) is 12.3 Å². The molecule has 98 valence electrons. The van der Waals surface area contributed by atoms with Crippen molar-refractivity contribution in [2.45, 2.75) is 11.7 Å². The third kappa shape index (κ3) is 3.88. The quantitative estimate of drug-likeness (QED) is 0.615. The maximum Gasteiger partial charge on any atom is 0.305 e. The molecule has 1 atom stereocenters. The van der Waals surface area contributed by atoms with Crippen LogP contribution in [-0.2, 0) is 9.59 Å². The first-order valence-electron chi connectivity index (χ1n) is 5.35. The van der Waals surface area contributed by atoms with E-state index in [0.29, 0.717) is 5.17 Å². The summed E-state index contributed by atoms with van der Waals surface area (Å²) in [5.74, 6) is -1.38. The van der Waals surface area contributed by atoms with E-state index in [1.807, 2.05) is 0 Å². The lowest BCUT2D eigenvalue weighted by molar-refractivity contribution is -0.138. The Morgan fingerprint density at radius 3 is 2.95 bits per heavy atom. The molecular weight excluding hydrogens is 268 g/mol. The van der Waals surface area contributed by atoms with Gasteiger partial charge in [0.25, 0.3) is 0 Å². The van der Waals surface area contributed by atoms with Crippen LogP contribution in [0.4, 0.5) is 0 Å². The maximum atomic E-state index is 11.4. The van der Waals surface area contributed by atoms with E-state index in [0.717, 1.165) is 17.3 Å². The molecule has 1 aromatic rings. The van der Waals surface area contributed by atoms with Crippen LogP contribution in [0.15, 0.2) is 34.7 Å². The summed E-state index contributed by atoms with van der Waals surface area (Å²) in [6.45, 7) is 0. The molecule has 0 unspecified atom stereocenters. The number of amides is 1. The molecule has 1 amide bonds. The van der Waals surface area contributed by atoms with Gasteiger partial charge < -0.3 is 10.4 Å². The van der Waals surface area contributed by atoms with E-state index in [4.69, 9.17) is 5.11 Å². The van der Waals surface area contributed by atoms with E-state index >= 15 is 0 Å². The Bertz CT molecular complexity index is 544. The van der Waals surface area contributed by atoms with Crippen LogP contribution in [0.2, 0.25) is 0 Å². The second kappa shape index (κ2) is 6.10. The van der Waals surface area contributed by atoms with Crippen molar-refractivity contribution in [2.75, 3.05) is 0 Å². The molecule has 1 aromatic heterocycles. The van der Waals surface area contributed by atoms with E-state index in [2.05, 4.69) is 20.5 Å². The third-order valence-electron chi connectivity index (χ3n) is 2.20. The van der Waals surface area contributed by atoms with Crippen molar-refractivity contribution in [3.63, 3.8) is 0 Å². The van der Waals surface area contributed by atoms with E-state index in [1.54, 1.807) is 24.5 Å². The molecule has 0 bridgehead atoms. The summed E-state index contributed by atoms with van der Waals surface area (Å²) in [5, 5.41) is 18.4. The van der Waals surface area contributed by atoms with Crippen LogP contribution in [0.1, 0.15) is 12.0 Å². The van der Waals surface area contributed by atoms with Crippen molar-refractivity contribution in [3.8, 4) is 0 Å². The molecule has 2 rings (SSSR count). The lowest BCUT2D eigenvalue weighted by Gasteiger charge is -1.97. The zero-order valence-electron chi connectivity index (χ0n) is 9.68. The molecule has 0 spiro atoms. The number of nitrogens with zero attached hydrogens (tertiary/aromatic N) is 3. The molecule has 0 radical (unpaired) electrons. The van der Waals surface area contributed by atoms with Crippen LogP contribution < -0.4 is 5.32 Å². The molecule has 0 aliphatic carbocycles. The third-order valence-corrected chi connectivity index (χ3v) is 3.27. The number of hydrogen-bond donors (Lipinski definition) is 2.